The fourth-order valence-electron chi connectivity index (χ4n) is 3.09. The first kappa shape index (κ1) is 26.2. The molecule has 0 aliphatic carbocycles. The van der Waals surface area contributed by atoms with Crippen molar-refractivity contribution in [3.8, 4) is 5.75 Å². The van der Waals surface area contributed by atoms with Crippen molar-refractivity contribution in [3.05, 3.63) is 62.7 Å². The number of amides is 2. The zero-order valence-electron chi connectivity index (χ0n) is 20.2. The number of ether oxygens (including phenoxy) is 2. The molecule has 0 radical (unpaired) electrons. The molecule has 11 heteroatoms. The van der Waals surface area contributed by atoms with E-state index in [9.17, 15) is 14.4 Å². The summed E-state index contributed by atoms with van der Waals surface area (Å²) >= 11 is 7.07. The minimum Gasteiger partial charge on any atom is -0.471 e. The molecule has 2 aromatic heterocycles. The molecule has 35 heavy (non-hydrogen) atoms. The predicted molar refractivity (Wildman–Crippen MR) is 135 cm³/mol. The van der Waals surface area contributed by atoms with Crippen molar-refractivity contribution < 1.29 is 23.9 Å². The van der Waals surface area contributed by atoms with Gasteiger partial charge in [-0.2, -0.15) is 5.10 Å². The lowest BCUT2D eigenvalue weighted by Gasteiger charge is -2.09. The largest absolute Gasteiger partial charge is 0.471 e. The predicted octanol–water partition coefficient (Wildman–Crippen LogP) is 4.77. The summed E-state index contributed by atoms with van der Waals surface area (Å²) in [5.41, 5.74) is 1.64. The summed E-state index contributed by atoms with van der Waals surface area (Å²) < 4.78 is 12.5. The fraction of sp³-hybridized carbons (Fsp3) is 0.333. The van der Waals surface area contributed by atoms with E-state index in [0.29, 0.717) is 27.6 Å². The summed E-state index contributed by atoms with van der Waals surface area (Å²) in [6.07, 6.45) is 2.25. The molecule has 0 unspecified atom stereocenters. The molecular formula is C24H27ClN4O5S. The van der Waals surface area contributed by atoms with Gasteiger partial charge in [-0.25, -0.2) is 9.48 Å². The molecule has 186 valence electrons. The molecule has 0 spiro atoms. The third-order valence-electron chi connectivity index (χ3n) is 4.98. The highest BCUT2D eigenvalue weighted by Crippen LogP contribution is 2.34. The molecule has 0 fully saturated rings. The van der Waals surface area contributed by atoms with Gasteiger partial charge in [-0.3, -0.25) is 9.59 Å². The molecule has 1 N–H and O–H groups in total. The highest BCUT2D eigenvalue weighted by molar-refractivity contribution is 7.18. The highest BCUT2D eigenvalue weighted by atomic mass is 35.5. The first-order chi connectivity index (χ1) is 16.6. The Labute approximate surface area is 212 Å². The Morgan fingerprint density at radius 2 is 1.94 bits per heavy atom. The number of carbonyl (C=O) groups excluding carboxylic acids is 3. The number of halogens is 1. The van der Waals surface area contributed by atoms with E-state index in [0.717, 1.165) is 16.9 Å². The average molecular weight is 519 g/mol. The van der Waals surface area contributed by atoms with Gasteiger partial charge in [0.15, 0.2) is 12.4 Å². The Bertz CT molecular complexity index is 1250. The van der Waals surface area contributed by atoms with Gasteiger partial charge in [0.25, 0.3) is 11.8 Å². The number of esters is 1. The van der Waals surface area contributed by atoms with Crippen LogP contribution in [0.4, 0.5) is 5.00 Å². The van der Waals surface area contributed by atoms with Crippen molar-refractivity contribution in [1.29, 1.82) is 0 Å². The topological polar surface area (TPSA) is 103 Å². The van der Waals surface area contributed by atoms with E-state index in [1.54, 1.807) is 39.3 Å². The maximum Gasteiger partial charge on any atom is 0.341 e. The van der Waals surface area contributed by atoms with Crippen LogP contribution >= 0.6 is 22.9 Å². The maximum absolute atomic E-state index is 12.9. The van der Waals surface area contributed by atoms with Crippen molar-refractivity contribution in [2.75, 3.05) is 26.0 Å². The van der Waals surface area contributed by atoms with Crippen molar-refractivity contribution in [3.63, 3.8) is 0 Å². The van der Waals surface area contributed by atoms with Gasteiger partial charge in [-0.05, 0) is 55.7 Å². The summed E-state index contributed by atoms with van der Waals surface area (Å²) in [5.74, 6) is -0.765. The molecule has 0 atom stereocenters. The van der Waals surface area contributed by atoms with Crippen molar-refractivity contribution in [1.82, 2.24) is 14.7 Å². The van der Waals surface area contributed by atoms with E-state index in [1.165, 1.54) is 15.6 Å². The first-order valence-corrected chi connectivity index (χ1v) is 12.1. The zero-order valence-corrected chi connectivity index (χ0v) is 21.7. The monoisotopic (exact) mass is 518 g/mol. The zero-order chi connectivity index (χ0) is 25.7. The SMILES string of the molecule is CCCOC(=O)c1c(NC(=O)c2ccn(COc3ccc(Cl)c(C)c3)n2)sc(C(=O)N(C)C)c1C. The quantitative estimate of drug-likeness (QED) is 0.409. The van der Waals surface area contributed by atoms with Crippen LogP contribution in [0.2, 0.25) is 5.02 Å². The highest BCUT2D eigenvalue weighted by Gasteiger charge is 2.28. The molecule has 1 aromatic carbocycles. The number of aryl methyl sites for hydroxylation is 1. The molecule has 0 bridgehead atoms. The lowest BCUT2D eigenvalue weighted by atomic mass is 10.1. The number of rotatable bonds is 9. The third kappa shape index (κ3) is 6.20. The number of thiophene rings is 1. The normalized spacial score (nSPS) is 10.7. The number of carbonyl (C=O) groups is 3. The minimum absolute atomic E-state index is 0.0859. The van der Waals surface area contributed by atoms with E-state index in [1.807, 2.05) is 19.9 Å². The van der Waals surface area contributed by atoms with Crippen LogP contribution in [0.25, 0.3) is 0 Å². The van der Waals surface area contributed by atoms with E-state index in [4.69, 9.17) is 21.1 Å². The number of hydrogen-bond acceptors (Lipinski definition) is 7. The molecule has 0 aliphatic rings. The second-order valence-electron chi connectivity index (χ2n) is 7.97. The molecule has 2 amide bonds. The lowest BCUT2D eigenvalue weighted by molar-refractivity contribution is 0.0506. The number of benzene rings is 1. The van der Waals surface area contributed by atoms with Crippen LogP contribution in [-0.4, -0.2) is 53.2 Å². The second-order valence-corrected chi connectivity index (χ2v) is 9.40. The summed E-state index contributed by atoms with van der Waals surface area (Å²) in [6.45, 7) is 5.74. The second kappa shape index (κ2) is 11.4. The van der Waals surface area contributed by atoms with Gasteiger partial charge in [-0.1, -0.05) is 18.5 Å². The number of anilines is 1. The summed E-state index contributed by atoms with van der Waals surface area (Å²) in [4.78, 5) is 40.0. The maximum atomic E-state index is 12.9. The molecule has 0 saturated heterocycles. The molecule has 3 rings (SSSR count). The average Bonchev–Trinajstić information content (AvgIpc) is 3.42. The fourth-order valence-corrected chi connectivity index (χ4v) is 4.42. The number of nitrogens with one attached hydrogen (secondary N) is 1. The summed E-state index contributed by atoms with van der Waals surface area (Å²) in [5, 5.41) is 7.84. The van der Waals surface area contributed by atoms with Gasteiger partial charge in [0.2, 0.25) is 0 Å². The molecular weight excluding hydrogens is 492 g/mol. The Morgan fingerprint density at radius 3 is 2.60 bits per heavy atom. The van der Waals surface area contributed by atoms with Crippen LogP contribution in [0, 0.1) is 13.8 Å². The summed E-state index contributed by atoms with van der Waals surface area (Å²) in [7, 11) is 3.24. The molecule has 3 aromatic rings. The van der Waals surface area contributed by atoms with Crippen LogP contribution in [0.5, 0.6) is 5.75 Å². The van der Waals surface area contributed by atoms with Crippen molar-refractivity contribution >= 4 is 45.7 Å². The number of hydrogen-bond donors (Lipinski definition) is 1. The van der Waals surface area contributed by atoms with Gasteiger partial charge < -0.3 is 19.7 Å². The third-order valence-corrected chi connectivity index (χ3v) is 6.60. The molecule has 0 aliphatic heterocycles. The van der Waals surface area contributed by atoms with E-state index < -0.39 is 11.9 Å². The van der Waals surface area contributed by atoms with Gasteiger partial charge in [0, 0.05) is 25.3 Å². The van der Waals surface area contributed by atoms with Gasteiger partial charge in [0.1, 0.15) is 10.8 Å². The molecule has 0 saturated carbocycles. The number of nitrogens with zero attached hydrogens (tertiary/aromatic N) is 3. The van der Waals surface area contributed by atoms with Crippen LogP contribution in [0.3, 0.4) is 0 Å². The van der Waals surface area contributed by atoms with Crippen LogP contribution < -0.4 is 10.1 Å². The first-order valence-electron chi connectivity index (χ1n) is 10.9. The van der Waals surface area contributed by atoms with E-state index in [2.05, 4.69) is 10.4 Å². The van der Waals surface area contributed by atoms with Crippen molar-refractivity contribution in [2.24, 2.45) is 0 Å². The molecule has 9 nitrogen and oxygen atoms in total. The molecule has 2 heterocycles. The van der Waals surface area contributed by atoms with Crippen molar-refractivity contribution in [2.45, 2.75) is 33.9 Å². The minimum atomic E-state index is -0.592. The lowest BCUT2D eigenvalue weighted by Crippen LogP contribution is -2.21. The number of aromatic nitrogens is 2. The standard InChI is InChI=1S/C24H27ClN4O5S/c1-6-11-33-24(32)19-15(3)20(23(31)28(4)5)35-22(19)26-21(30)18-9-10-29(27-18)13-34-16-7-8-17(25)14(2)12-16/h7-10,12H,6,11,13H2,1-5H3,(H,26,30). The Balaban J connectivity index is 1.78. The summed E-state index contributed by atoms with van der Waals surface area (Å²) in [6, 6.07) is 6.84. The van der Waals surface area contributed by atoms with Crippen LogP contribution in [0.15, 0.2) is 30.5 Å². The van der Waals surface area contributed by atoms with Gasteiger partial charge in [-0.15, -0.1) is 11.3 Å². The Morgan fingerprint density at radius 1 is 1.20 bits per heavy atom. The Kier molecular flexibility index (Phi) is 8.52. The van der Waals surface area contributed by atoms with Gasteiger partial charge >= 0.3 is 5.97 Å². The van der Waals surface area contributed by atoms with Gasteiger partial charge in [0.05, 0.1) is 17.0 Å². The van der Waals surface area contributed by atoms with E-state index >= 15 is 0 Å². The Hall–Kier alpha value is -3.37. The van der Waals surface area contributed by atoms with E-state index in [-0.39, 0.29) is 35.5 Å². The van der Waals surface area contributed by atoms with Crippen LogP contribution in [-0.2, 0) is 11.5 Å². The van der Waals surface area contributed by atoms with Crippen LogP contribution in [0.1, 0.15) is 55.0 Å². The smallest absolute Gasteiger partial charge is 0.341 e.